The highest BCUT2D eigenvalue weighted by Crippen LogP contribution is 2.19. The van der Waals surface area contributed by atoms with Crippen molar-refractivity contribution in [3.63, 3.8) is 0 Å². The van der Waals surface area contributed by atoms with Crippen molar-refractivity contribution in [2.45, 2.75) is 12.8 Å². The average Bonchev–Trinajstić information content (AvgIpc) is 2.69. The molecule has 0 N–H and O–H groups in total. The molecule has 0 atom stereocenters. The first-order valence-electron chi connectivity index (χ1n) is 5.23. The summed E-state index contributed by atoms with van der Waals surface area (Å²) in [4.78, 5) is 13.0. The fourth-order valence-corrected chi connectivity index (χ4v) is 1.76. The SMILES string of the molecule is Cn1nnc(CC(=O)Cc2c(F)cccc2Cl)n1. The highest BCUT2D eigenvalue weighted by Gasteiger charge is 2.14. The summed E-state index contributed by atoms with van der Waals surface area (Å²) in [7, 11) is 1.61. The van der Waals surface area contributed by atoms with Gasteiger partial charge in [-0.1, -0.05) is 17.7 Å². The number of rotatable bonds is 4. The van der Waals surface area contributed by atoms with Gasteiger partial charge in [0.1, 0.15) is 11.6 Å². The van der Waals surface area contributed by atoms with Gasteiger partial charge in [0.15, 0.2) is 5.82 Å². The second-order valence-electron chi connectivity index (χ2n) is 3.79. The van der Waals surface area contributed by atoms with Crippen molar-refractivity contribution in [2.24, 2.45) is 7.05 Å². The summed E-state index contributed by atoms with van der Waals surface area (Å²) >= 11 is 5.84. The van der Waals surface area contributed by atoms with Crippen LogP contribution in [-0.4, -0.2) is 26.0 Å². The molecule has 0 unspecified atom stereocenters. The monoisotopic (exact) mass is 268 g/mol. The topological polar surface area (TPSA) is 60.7 Å². The van der Waals surface area contributed by atoms with Crippen molar-refractivity contribution in [2.75, 3.05) is 0 Å². The summed E-state index contributed by atoms with van der Waals surface area (Å²) in [6, 6.07) is 4.32. The maximum atomic E-state index is 13.5. The van der Waals surface area contributed by atoms with Crippen molar-refractivity contribution in [3.05, 3.63) is 40.4 Å². The van der Waals surface area contributed by atoms with Gasteiger partial charge in [-0.3, -0.25) is 4.79 Å². The fourth-order valence-electron chi connectivity index (χ4n) is 1.53. The molecule has 7 heteroatoms. The molecule has 2 rings (SSSR count). The third kappa shape index (κ3) is 2.89. The zero-order valence-electron chi connectivity index (χ0n) is 9.60. The van der Waals surface area contributed by atoms with Crippen LogP contribution in [0.3, 0.4) is 0 Å². The van der Waals surface area contributed by atoms with E-state index in [1.165, 1.54) is 16.9 Å². The number of halogens is 2. The Bertz CT molecular complexity index is 564. The van der Waals surface area contributed by atoms with Crippen molar-refractivity contribution in [1.29, 1.82) is 0 Å². The molecule has 94 valence electrons. The van der Waals surface area contributed by atoms with Crippen molar-refractivity contribution in [3.8, 4) is 0 Å². The Balaban J connectivity index is 2.08. The molecule has 0 bridgehead atoms. The van der Waals surface area contributed by atoms with Crippen LogP contribution < -0.4 is 0 Å². The van der Waals surface area contributed by atoms with Crippen LogP contribution >= 0.6 is 11.6 Å². The van der Waals surface area contributed by atoms with E-state index >= 15 is 0 Å². The molecule has 0 radical (unpaired) electrons. The number of Topliss-reactive ketones (excluding diaryl/α,β-unsaturated/α-hetero) is 1. The summed E-state index contributed by atoms with van der Waals surface area (Å²) in [5, 5.41) is 11.4. The van der Waals surface area contributed by atoms with Gasteiger partial charge in [-0.2, -0.15) is 4.80 Å². The molecule has 1 aromatic heterocycles. The smallest absolute Gasteiger partial charge is 0.182 e. The van der Waals surface area contributed by atoms with E-state index in [9.17, 15) is 9.18 Å². The number of hydrogen-bond donors (Lipinski definition) is 0. The number of ketones is 1. The van der Waals surface area contributed by atoms with Crippen molar-refractivity contribution in [1.82, 2.24) is 20.2 Å². The maximum absolute atomic E-state index is 13.5. The zero-order valence-corrected chi connectivity index (χ0v) is 10.4. The molecule has 0 fully saturated rings. The third-order valence-corrected chi connectivity index (χ3v) is 2.69. The first kappa shape index (κ1) is 12.6. The summed E-state index contributed by atoms with van der Waals surface area (Å²) in [6.07, 6.45) is -0.0672. The lowest BCUT2D eigenvalue weighted by Gasteiger charge is -2.03. The summed E-state index contributed by atoms with van der Waals surface area (Å²) < 4.78 is 13.5. The molecule has 0 saturated heterocycles. The molecule has 0 aliphatic rings. The van der Waals surface area contributed by atoms with Crippen LogP contribution in [0.1, 0.15) is 11.4 Å². The Labute approximate surface area is 108 Å². The Morgan fingerprint density at radius 2 is 2.22 bits per heavy atom. The third-order valence-electron chi connectivity index (χ3n) is 2.34. The number of benzene rings is 1. The van der Waals surface area contributed by atoms with Gasteiger partial charge in [0.25, 0.3) is 0 Å². The van der Waals surface area contributed by atoms with Crippen LogP contribution in [-0.2, 0) is 24.7 Å². The van der Waals surface area contributed by atoms with Crippen LogP contribution in [0.4, 0.5) is 4.39 Å². The molecule has 18 heavy (non-hydrogen) atoms. The maximum Gasteiger partial charge on any atom is 0.182 e. The average molecular weight is 269 g/mol. The molecule has 0 amide bonds. The molecule has 2 aromatic rings. The minimum atomic E-state index is -0.483. The predicted octanol–water partition coefficient (Wildman–Crippen LogP) is 1.36. The number of carbonyl (C=O) groups is 1. The van der Waals surface area contributed by atoms with E-state index in [-0.39, 0.29) is 29.2 Å². The lowest BCUT2D eigenvalue weighted by Crippen LogP contribution is -2.10. The van der Waals surface area contributed by atoms with E-state index in [1.54, 1.807) is 13.1 Å². The molecular weight excluding hydrogens is 259 g/mol. The van der Waals surface area contributed by atoms with Gasteiger partial charge in [-0.05, 0) is 17.3 Å². The summed E-state index contributed by atoms with van der Waals surface area (Å²) in [5.41, 5.74) is 0.202. The molecule has 5 nitrogen and oxygen atoms in total. The molecular formula is C11H10ClFN4O. The molecule has 1 heterocycles. The van der Waals surface area contributed by atoms with Crippen molar-refractivity contribution < 1.29 is 9.18 Å². The Hall–Kier alpha value is -1.82. The highest BCUT2D eigenvalue weighted by atomic mass is 35.5. The second kappa shape index (κ2) is 5.22. The number of aryl methyl sites for hydroxylation is 1. The van der Waals surface area contributed by atoms with Crippen LogP contribution in [0.5, 0.6) is 0 Å². The summed E-state index contributed by atoms with van der Waals surface area (Å²) in [5.74, 6) is -0.382. The van der Waals surface area contributed by atoms with Crippen LogP contribution in [0.15, 0.2) is 18.2 Å². The fraction of sp³-hybridized carbons (Fsp3) is 0.273. The summed E-state index contributed by atoms with van der Waals surface area (Å²) in [6.45, 7) is 0. The first-order valence-corrected chi connectivity index (χ1v) is 5.61. The second-order valence-corrected chi connectivity index (χ2v) is 4.19. The number of carbonyl (C=O) groups excluding carboxylic acids is 1. The van der Waals surface area contributed by atoms with Crippen molar-refractivity contribution >= 4 is 17.4 Å². The first-order chi connectivity index (χ1) is 8.56. The quantitative estimate of drug-likeness (QED) is 0.840. The van der Waals surface area contributed by atoms with Gasteiger partial charge >= 0.3 is 0 Å². The van der Waals surface area contributed by atoms with Gasteiger partial charge in [-0.15, -0.1) is 10.2 Å². The Morgan fingerprint density at radius 1 is 1.44 bits per heavy atom. The zero-order chi connectivity index (χ0) is 13.1. The van der Waals surface area contributed by atoms with Crippen LogP contribution in [0.25, 0.3) is 0 Å². The van der Waals surface area contributed by atoms with E-state index in [0.717, 1.165) is 0 Å². The number of tetrazole rings is 1. The number of nitrogens with zero attached hydrogens (tertiary/aromatic N) is 4. The molecule has 0 saturated carbocycles. The lowest BCUT2D eigenvalue weighted by molar-refractivity contribution is -0.117. The Kier molecular flexibility index (Phi) is 3.66. The molecule has 0 aliphatic heterocycles. The van der Waals surface area contributed by atoms with Crippen LogP contribution in [0, 0.1) is 5.82 Å². The highest BCUT2D eigenvalue weighted by molar-refractivity contribution is 6.31. The van der Waals surface area contributed by atoms with Gasteiger partial charge < -0.3 is 0 Å². The minimum Gasteiger partial charge on any atom is -0.299 e. The van der Waals surface area contributed by atoms with Gasteiger partial charge in [0.05, 0.1) is 13.5 Å². The predicted molar refractivity (Wildman–Crippen MR) is 62.6 cm³/mol. The van der Waals surface area contributed by atoms with Crippen LogP contribution in [0.2, 0.25) is 5.02 Å². The van der Waals surface area contributed by atoms with Gasteiger partial charge in [0.2, 0.25) is 0 Å². The molecule has 1 aromatic carbocycles. The van der Waals surface area contributed by atoms with E-state index < -0.39 is 5.82 Å². The lowest BCUT2D eigenvalue weighted by atomic mass is 10.1. The standard InChI is InChI=1S/C11H10ClFN4O/c1-17-15-11(14-16-17)6-7(18)5-8-9(12)3-2-4-10(8)13/h2-4H,5-6H2,1H3. The van der Waals surface area contributed by atoms with E-state index in [2.05, 4.69) is 15.4 Å². The Morgan fingerprint density at radius 3 is 2.83 bits per heavy atom. The number of hydrogen-bond acceptors (Lipinski definition) is 4. The van der Waals surface area contributed by atoms with E-state index in [1.807, 2.05) is 0 Å². The number of aromatic nitrogens is 4. The normalized spacial score (nSPS) is 10.6. The van der Waals surface area contributed by atoms with E-state index in [0.29, 0.717) is 5.82 Å². The minimum absolute atomic E-state index is 0.0124. The van der Waals surface area contributed by atoms with Gasteiger partial charge in [-0.25, -0.2) is 4.39 Å². The van der Waals surface area contributed by atoms with E-state index in [4.69, 9.17) is 11.6 Å². The largest absolute Gasteiger partial charge is 0.299 e. The van der Waals surface area contributed by atoms with Gasteiger partial charge in [0, 0.05) is 17.0 Å². The molecule has 0 spiro atoms. The molecule has 0 aliphatic carbocycles.